The topological polar surface area (TPSA) is 49.6 Å². The minimum Gasteiger partial charge on any atom is -0.240 e. The van der Waals surface area contributed by atoms with E-state index in [2.05, 4.69) is 16.0 Å². The van der Waals surface area contributed by atoms with Gasteiger partial charge >= 0.3 is 0 Å². The average molecular weight is 256 g/mol. The van der Waals surface area contributed by atoms with E-state index in [0.29, 0.717) is 22.2 Å². The van der Waals surface area contributed by atoms with Crippen LogP contribution in [0.3, 0.4) is 0 Å². The fourth-order valence-corrected chi connectivity index (χ4v) is 2.13. The summed E-state index contributed by atoms with van der Waals surface area (Å²) < 4.78 is 0. The van der Waals surface area contributed by atoms with Crippen molar-refractivity contribution in [3.05, 3.63) is 47.0 Å². The van der Waals surface area contributed by atoms with Crippen LogP contribution < -0.4 is 0 Å². The van der Waals surface area contributed by atoms with Crippen molar-refractivity contribution in [1.82, 2.24) is 9.97 Å². The SMILES string of the molecule is N#Cc1nc(C2CC2)ncc1-c1ccccc1Cl. The molecule has 1 heterocycles. The Hall–Kier alpha value is -1.92. The van der Waals surface area contributed by atoms with Crippen LogP contribution in [0.25, 0.3) is 11.1 Å². The molecule has 0 unspecified atom stereocenters. The molecular weight excluding hydrogens is 246 g/mol. The van der Waals surface area contributed by atoms with Gasteiger partial charge in [-0.25, -0.2) is 9.97 Å². The predicted octanol–water partition coefficient (Wildman–Crippen LogP) is 3.55. The number of halogens is 1. The summed E-state index contributed by atoms with van der Waals surface area (Å²) in [5.74, 6) is 1.22. The van der Waals surface area contributed by atoms with Gasteiger partial charge in [-0.3, -0.25) is 0 Å². The monoisotopic (exact) mass is 255 g/mol. The van der Waals surface area contributed by atoms with Gasteiger partial charge in [-0.1, -0.05) is 29.8 Å². The van der Waals surface area contributed by atoms with E-state index in [-0.39, 0.29) is 0 Å². The van der Waals surface area contributed by atoms with Gasteiger partial charge in [0.05, 0.1) is 0 Å². The molecule has 88 valence electrons. The molecule has 1 aliphatic rings. The summed E-state index contributed by atoms with van der Waals surface area (Å²) in [5, 5.41) is 9.82. The molecule has 18 heavy (non-hydrogen) atoms. The molecule has 0 atom stereocenters. The molecule has 2 aromatic rings. The zero-order valence-electron chi connectivity index (χ0n) is 9.60. The number of rotatable bonds is 2. The highest BCUT2D eigenvalue weighted by Crippen LogP contribution is 2.39. The number of hydrogen-bond donors (Lipinski definition) is 0. The normalized spacial score (nSPS) is 14.2. The summed E-state index contributed by atoms with van der Waals surface area (Å²) in [6, 6.07) is 9.55. The molecule has 1 saturated carbocycles. The van der Waals surface area contributed by atoms with Crippen LogP contribution in [0.5, 0.6) is 0 Å². The van der Waals surface area contributed by atoms with Crippen LogP contribution in [0.4, 0.5) is 0 Å². The van der Waals surface area contributed by atoms with E-state index in [1.165, 1.54) is 0 Å². The van der Waals surface area contributed by atoms with Crippen LogP contribution >= 0.6 is 11.6 Å². The number of nitrogens with zero attached hydrogens (tertiary/aromatic N) is 3. The maximum absolute atomic E-state index is 9.21. The minimum atomic E-state index is 0.403. The molecule has 4 heteroatoms. The van der Waals surface area contributed by atoms with Crippen molar-refractivity contribution < 1.29 is 0 Å². The molecule has 0 aliphatic heterocycles. The molecule has 0 saturated heterocycles. The second-order valence-corrected chi connectivity index (χ2v) is 4.76. The van der Waals surface area contributed by atoms with Crippen LogP contribution in [0.2, 0.25) is 5.02 Å². The zero-order valence-corrected chi connectivity index (χ0v) is 10.4. The predicted molar refractivity (Wildman–Crippen MR) is 69.2 cm³/mol. The Morgan fingerprint density at radius 1 is 1.22 bits per heavy atom. The van der Waals surface area contributed by atoms with E-state index in [1.54, 1.807) is 12.3 Å². The van der Waals surface area contributed by atoms with Crippen molar-refractivity contribution in [2.24, 2.45) is 0 Å². The third-order valence-corrected chi connectivity index (χ3v) is 3.35. The third kappa shape index (κ3) is 1.96. The van der Waals surface area contributed by atoms with Crippen molar-refractivity contribution in [3.8, 4) is 17.2 Å². The zero-order chi connectivity index (χ0) is 12.5. The quantitative estimate of drug-likeness (QED) is 0.825. The van der Waals surface area contributed by atoms with Gasteiger partial charge in [-0.2, -0.15) is 5.26 Å². The average Bonchev–Trinajstić information content (AvgIpc) is 3.23. The Labute approximate surface area is 110 Å². The smallest absolute Gasteiger partial charge is 0.152 e. The molecule has 1 fully saturated rings. The van der Waals surface area contributed by atoms with Gasteiger partial charge < -0.3 is 0 Å². The Kier molecular flexibility index (Phi) is 2.73. The lowest BCUT2D eigenvalue weighted by atomic mass is 10.1. The minimum absolute atomic E-state index is 0.403. The van der Waals surface area contributed by atoms with Crippen LogP contribution in [-0.4, -0.2) is 9.97 Å². The Morgan fingerprint density at radius 2 is 2.00 bits per heavy atom. The first-order valence-corrected chi connectivity index (χ1v) is 6.19. The first-order valence-electron chi connectivity index (χ1n) is 5.81. The molecule has 1 aromatic carbocycles. The highest BCUT2D eigenvalue weighted by molar-refractivity contribution is 6.33. The maximum atomic E-state index is 9.21. The van der Waals surface area contributed by atoms with Gasteiger partial charge in [0.15, 0.2) is 5.69 Å². The van der Waals surface area contributed by atoms with E-state index in [0.717, 1.165) is 24.2 Å². The van der Waals surface area contributed by atoms with Crippen LogP contribution in [-0.2, 0) is 0 Å². The van der Waals surface area contributed by atoms with Gasteiger partial charge in [-0.15, -0.1) is 0 Å². The summed E-state index contributed by atoms with van der Waals surface area (Å²) in [6.45, 7) is 0. The van der Waals surface area contributed by atoms with Crippen molar-refractivity contribution in [2.75, 3.05) is 0 Å². The molecule has 1 aromatic heterocycles. The summed E-state index contributed by atoms with van der Waals surface area (Å²) in [4.78, 5) is 8.69. The fraction of sp³-hybridized carbons (Fsp3) is 0.214. The molecule has 0 amide bonds. The van der Waals surface area contributed by atoms with Crippen LogP contribution in [0, 0.1) is 11.3 Å². The molecule has 1 aliphatic carbocycles. The third-order valence-electron chi connectivity index (χ3n) is 3.02. The number of aromatic nitrogens is 2. The Morgan fingerprint density at radius 3 is 2.67 bits per heavy atom. The van der Waals surface area contributed by atoms with Gasteiger partial charge in [0.2, 0.25) is 0 Å². The molecule has 0 bridgehead atoms. The van der Waals surface area contributed by atoms with Crippen molar-refractivity contribution in [2.45, 2.75) is 18.8 Å². The standard InChI is InChI=1S/C14H10ClN3/c15-12-4-2-1-3-10(12)11-8-17-14(9-5-6-9)18-13(11)7-16/h1-4,8-9H,5-6H2. The number of hydrogen-bond acceptors (Lipinski definition) is 3. The molecule has 0 N–H and O–H groups in total. The Balaban J connectivity index is 2.12. The summed E-state index contributed by atoms with van der Waals surface area (Å²) in [5.41, 5.74) is 1.91. The van der Waals surface area contributed by atoms with Gasteiger partial charge in [0.25, 0.3) is 0 Å². The molecule has 0 radical (unpaired) electrons. The summed E-state index contributed by atoms with van der Waals surface area (Å²) in [7, 11) is 0. The lowest BCUT2D eigenvalue weighted by Crippen LogP contribution is -1.98. The largest absolute Gasteiger partial charge is 0.240 e. The van der Waals surface area contributed by atoms with Crippen LogP contribution in [0.15, 0.2) is 30.5 Å². The van der Waals surface area contributed by atoms with Crippen molar-refractivity contribution >= 4 is 11.6 Å². The lowest BCUT2D eigenvalue weighted by molar-refractivity contribution is 0.920. The number of nitriles is 1. The van der Waals surface area contributed by atoms with E-state index in [9.17, 15) is 5.26 Å². The molecule has 0 spiro atoms. The van der Waals surface area contributed by atoms with Crippen molar-refractivity contribution in [1.29, 1.82) is 5.26 Å². The van der Waals surface area contributed by atoms with E-state index in [4.69, 9.17) is 11.6 Å². The second kappa shape index (κ2) is 4.40. The van der Waals surface area contributed by atoms with Gasteiger partial charge in [0.1, 0.15) is 11.9 Å². The Bertz CT molecular complexity index is 642. The van der Waals surface area contributed by atoms with Gasteiger partial charge in [-0.05, 0) is 18.9 Å². The summed E-state index contributed by atoms with van der Waals surface area (Å²) >= 11 is 6.14. The molecule has 3 nitrogen and oxygen atoms in total. The fourth-order valence-electron chi connectivity index (χ4n) is 1.90. The van der Waals surface area contributed by atoms with Crippen molar-refractivity contribution in [3.63, 3.8) is 0 Å². The maximum Gasteiger partial charge on any atom is 0.152 e. The lowest BCUT2D eigenvalue weighted by Gasteiger charge is -2.06. The first-order chi connectivity index (χ1) is 8.79. The van der Waals surface area contributed by atoms with E-state index < -0.39 is 0 Å². The van der Waals surface area contributed by atoms with Crippen LogP contribution in [0.1, 0.15) is 30.3 Å². The highest BCUT2D eigenvalue weighted by atomic mass is 35.5. The number of benzene rings is 1. The van der Waals surface area contributed by atoms with Gasteiger partial charge in [0, 0.05) is 28.3 Å². The first kappa shape index (κ1) is 11.2. The van der Waals surface area contributed by atoms with E-state index >= 15 is 0 Å². The van der Waals surface area contributed by atoms with E-state index in [1.807, 2.05) is 18.2 Å². The summed E-state index contributed by atoms with van der Waals surface area (Å²) in [6.07, 6.45) is 3.95. The molecular formula is C14H10ClN3. The molecule has 3 rings (SSSR count). The highest BCUT2D eigenvalue weighted by Gasteiger charge is 2.27. The second-order valence-electron chi connectivity index (χ2n) is 4.36.